The third kappa shape index (κ3) is 5.15. The van der Waals surface area contributed by atoms with E-state index in [1.54, 1.807) is 24.9 Å². The van der Waals surface area contributed by atoms with Crippen molar-refractivity contribution in [3.8, 4) is 5.75 Å². The van der Waals surface area contributed by atoms with Gasteiger partial charge >= 0.3 is 0 Å². The number of nitrogens with zero attached hydrogens (tertiary/aromatic N) is 4. The Hall–Kier alpha value is -1.67. The summed E-state index contributed by atoms with van der Waals surface area (Å²) >= 11 is 3.42. The lowest BCUT2D eigenvalue weighted by Crippen LogP contribution is -2.35. The van der Waals surface area contributed by atoms with E-state index in [4.69, 9.17) is 4.74 Å². The largest absolute Gasteiger partial charge is 0.491 e. The molecule has 25 heavy (non-hydrogen) atoms. The summed E-state index contributed by atoms with van der Waals surface area (Å²) in [6.45, 7) is 1.50. The Bertz CT molecular complexity index is 825. The summed E-state index contributed by atoms with van der Waals surface area (Å²) in [4.78, 5) is 11.0. The highest BCUT2D eigenvalue weighted by Crippen LogP contribution is 2.25. The van der Waals surface area contributed by atoms with Crippen molar-refractivity contribution in [2.45, 2.75) is 18.9 Å². The summed E-state index contributed by atoms with van der Waals surface area (Å²) in [5.74, 6) is 1.52. The normalized spacial score (nSPS) is 17.6. The minimum atomic E-state index is -2.20. The minimum absolute atomic E-state index is 0.244. The Labute approximate surface area is 156 Å². The number of hydrogen-bond donors (Lipinski definition) is 0. The van der Waals surface area contributed by atoms with E-state index in [1.807, 2.05) is 24.3 Å². The molecule has 0 radical (unpaired) electrons. The Kier molecular flexibility index (Phi) is 5.58. The first-order valence-electron chi connectivity index (χ1n) is 8.05. The van der Waals surface area contributed by atoms with E-state index in [0.717, 1.165) is 29.6 Å². The van der Waals surface area contributed by atoms with E-state index in [9.17, 15) is 4.21 Å². The molecule has 0 unspecified atom stereocenters. The van der Waals surface area contributed by atoms with Crippen molar-refractivity contribution >= 4 is 37.3 Å². The lowest BCUT2D eigenvalue weighted by molar-refractivity contribution is 0.288. The average molecular weight is 425 g/mol. The summed E-state index contributed by atoms with van der Waals surface area (Å²) in [5, 5.41) is 0. The molecule has 0 spiro atoms. The highest BCUT2D eigenvalue weighted by Gasteiger charge is 2.27. The molecule has 0 amide bonds. The van der Waals surface area contributed by atoms with Crippen molar-refractivity contribution in [1.82, 2.24) is 9.97 Å². The van der Waals surface area contributed by atoms with Crippen LogP contribution in [0.3, 0.4) is 0 Å². The van der Waals surface area contributed by atoms with Gasteiger partial charge in [-0.3, -0.25) is 0 Å². The third-order valence-electron chi connectivity index (χ3n) is 3.84. The van der Waals surface area contributed by atoms with Gasteiger partial charge in [-0.25, -0.2) is 14.2 Å². The first kappa shape index (κ1) is 18.1. The molecule has 1 atom stereocenters. The van der Waals surface area contributed by atoms with Gasteiger partial charge in [-0.05, 0) is 37.1 Å². The molecule has 1 aromatic heterocycles. The van der Waals surface area contributed by atoms with Gasteiger partial charge < -0.3 is 9.64 Å². The summed E-state index contributed by atoms with van der Waals surface area (Å²) in [6.07, 6.45) is 8.57. The zero-order valence-electron chi connectivity index (χ0n) is 14.3. The fraction of sp³-hybridized carbons (Fsp3) is 0.412. The predicted molar refractivity (Wildman–Crippen MR) is 104 cm³/mol. The molecule has 1 aliphatic heterocycles. The van der Waals surface area contributed by atoms with Crippen molar-refractivity contribution in [3.05, 3.63) is 41.1 Å². The Morgan fingerprint density at radius 1 is 1.28 bits per heavy atom. The molecule has 6 nitrogen and oxygen atoms in total. The van der Waals surface area contributed by atoms with Crippen LogP contribution in [0.1, 0.15) is 12.8 Å². The number of rotatable bonds is 5. The van der Waals surface area contributed by atoms with Gasteiger partial charge in [0.05, 0.1) is 18.4 Å². The third-order valence-corrected chi connectivity index (χ3v) is 5.02. The molecule has 0 bridgehead atoms. The van der Waals surface area contributed by atoms with Crippen LogP contribution < -0.4 is 9.64 Å². The molecule has 0 saturated carbocycles. The number of anilines is 1. The van der Waals surface area contributed by atoms with Gasteiger partial charge in [-0.2, -0.15) is 4.36 Å². The van der Waals surface area contributed by atoms with Gasteiger partial charge in [-0.15, -0.1) is 0 Å². The lowest BCUT2D eigenvalue weighted by Gasteiger charge is -2.24. The van der Waals surface area contributed by atoms with E-state index >= 15 is 0 Å². The standard InChI is InChI=1S/C17H21BrN4O2S/c1-25(2,23)21-14-10-19-17(20-11-14)22-9-3-4-15(22)12-24-16-7-5-13(18)6-8-16/h5-8,10-11,15H,3-4,9,12H2,1-2H3/t15-/m0/s1. The van der Waals surface area contributed by atoms with E-state index < -0.39 is 9.73 Å². The van der Waals surface area contributed by atoms with Gasteiger partial charge in [0.15, 0.2) is 0 Å². The first-order valence-corrected chi connectivity index (χ1v) is 11.2. The van der Waals surface area contributed by atoms with Crippen LogP contribution in [-0.4, -0.2) is 45.9 Å². The van der Waals surface area contributed by atoms with Crippen molar-refractivity contribution in [2.24, 2.45) is 4.36 Å². The molecule has 1 aromatic carbocycles. The average Bonchev–Trinajstić information content (AvgIpc) is 3.02. The fourth-order valence-corrected chi connectivity index (χ4v) is 3.63. The topological polar surface area (TPSA) is 67.7 Å². The van der Waals surface area contributed by atoms with E-state index in [1.165, 1.54) is 0 Å². The van der Waals surface area contributed by atoms with Crippen LogP contribution in [0.15, 0.2) is 45.5 Å². The van der Waals surface area contributed by atoms with Crippen LogP contribution in [0.4, 0.5) is 11.6 Å². The summed E-state index contributed by atoms with van der Waals surface area (Å²) in [5.41, 5.74) is 0.542. The smallest absolute Gasteiger partial charge is 0.225 e. The van der Waals surface area contributed by atoms with Crippen LogP contribution >= 0.6 is 15.9 Å². The Balaban J connectivity index is 1.66. The molecule has 3 rings (SSSR count). The molecule has 1 saturated heterocycles. The van der Waals surface area contributed by atoms with E-state index in [-0.39, 0.29) is 6.04 Å². The van der Waals surface area contributed by atoms with Gasteiger partial charge in [0, 0.05) is 33.3 Å². The molecule has 1 fully saturated rings. The molecule has 1 aliphatic rings. The van der Waals surface area contributed by atoms with Crippen molar-refractivity contribution in [3.63, 3.8) is 0 Å². The second-order valence-electron chi connectivity index (χ2n) is 6.27. The number of hydrogen-bond acceptors (Lipinski definition) is 6. The number of ether oxygens (including phenoxy) is 1. The number of benzene rings is 1. The maximum absolute atomic E-state index is 11.7. The molecule has 0 N–H and O–H groups in total. The fourth-order valence-electron chi connectivity index (χ4n) is 2.76. The van der Waals surface area contributed by atoms with E-state index in [0.29, 0.717) is 18.2 Å². The Morgan fingerprint density at radius 2 is 1.96 bits per heavy atom. The predicted octanol–water partition coefficient (Wildman–Crippen LogP) is 3.65. The SMILES string of the molecule is CS(C)(=O)=Nc1cnc(N2CCC[C@H]2COc2ccc(Br)cc2)nc1. The van der Waals surface area contributed by atoms with Crippen molar-refractivity contribution in [2.75, 3.05) is 30.6 Å². The summed E-state index contributed by atoms with van der Waals surface area (Å²) in [6, 6.07) is 8.07. The van der Waals surface area contributed by atoms with Crippen LogP contribution in [0.5, 0.6) is 5.75 Å². The molecular weight excluding hydrogens is 404 g/mol. The number of halogens is 1. The van der Waals surface area contributed by atoms with Gasteiger partial charge in [0.25, 0.3) is 0 Å². The zero-order valence-corrected chi connectivity index (χ0v) is 16.7. The highest BCUT2D eigenvalue weighted by molar-refractivity contribution is 9.10. The maximum atomic E-state index is 11.7. The molecule has 0 aliphatic carbocycles. The van der Waals surface area contributed by atoms with Crippen LogP contribution in [-0.2, 0) is 9.73 Å². The highest BCUT2D eigenvalue weighted by atomic mass is 79.9. The molecule has 2 aromatic rings. The minimum Gasteiger partial charge on any atom is -0.491 e. The van der Waals surface area contributed by atoms with Crippen LogP contribution in [0.25, 0.3) is 0 Å². The monoisotopic (exact) mass is 424 g/mol. The summed E-state index contributed by atoms with van der Waals surface area (Å²) in [7, 11) is -2.20. The second kappa shape index (κ2) is 7.70. The quantitative estimate of drug-likeness (QED) is 0.732. The van der Waals surface area contributed by atoms with Crippen LogP contribution in [0.2, 0.25) is 0 Å². The number of aromatic nitrogens is 2. The Morgan fingerprint density at radius 3 is 2.60 bits per heavy atom. The van der Waals surface area contributed by atoms with Crippen molar-refractivity contribution < 1.29 is 8.95 Å². The molecule has 8 heteroatoms. The second-order valence-corrected chi connectivity index (χ2v) is 9.73. The zero-order chi connectivity index (χ0) is 17.9. The first-order chi connectivity index (χ1) is 11.9. The van der Waals surface area contributed by atoms with Gasteiger partial charge in [-0.1, -0.05) is 15.9 Å². The van der Waals surface area contributed by atoms with E-state index in [2.05, 4.69) is 35.2 Å². The van der Waals surface area contributed by atoms with Gasteiger partial charge in [0.1, 0.15) is 18.0 Å². The summed E-state index contributed by atoms with van der Waals surface area (Å²) < 4.78 is 22.8. The maximum Gasteiger partial charge on any atom is 0.225 e. The molecule has 134 valence electrons. The molecule has 2 heterocycles. The van der Waals surface area contributed by atoms with Gasteiger partial charge in [0.2, 0.25) is 5.95 Å². The van der Waals surface area contributed by atoms with Crippen LogP contribution in [0, 0.1) is 0 Å². The molecular formula is C17H21BrN4O2S. The van der Waals surface area contributed by atoms with Crippen molar-refractivity contribution in [1.29, 1.82) is 0 Å². The lowest BCUT2D eigenvalue weighted by atomic mass is 10.2.